The summed E-state index contributed by atoms with van der Waals surface area (Å²) in [5.74, 6) is -1.16. The molecule has 1 aliphatic rings. The van der Waals surface area contributed by atoms with Gasteiger partial charge >= 0.3 is 6.03 Å². The topological polar surface area (TPSA) is 75.7 Å². The number of hydrogen-bond acceptors (Lipinski definition) is 4. The van der Waals surface area contributed by atoms with Gasteiger partial charge in [0.1, 0.15) is 17.9 Å². The Hall–Kier alpha value is -3.61. The minimum Gasteiger partial charge on any atom is -0.488 e. The largest absolute Gasteiger partial charge is 0.488 e. The molecule has 0 unspecified atom stereocenters. The molecule has 6 nitrogen and oxygen atoms in total. The van der Waals surface area contributed by atoms with Crippen LogP contribution in [0.25, 0.3) is 6.08 Å². The Balaban J connectivity index is 1.71. The predicted molar refractivity (Wildman–Crippen MR) is 127 cm³/mol. The SMILES string of the molecule is Cc1ccc(Cl)cc1N1C(=O)NC(=O)/C(=C\c2cc(Cl)ccc2OCc2ccccc2)C1=O. The molecule has 1 N–H and O–H groups in total. The quantitative estimate of drug-likeness (QED) is 0.383. The summed E-state index contributed by atoms with van der Waals surface area (Å²) in [6.45, 7) is 2.02. The van der Waals surface area contributed by atoms with Gasteiger partial charge in [0.2, 0.25) is 0 Å². The molecule has 0 bridgehead atoms. The average molecular weight is 481 g/mol. The lowest BCUT2D eigenvalue weighted by Gasteiger charge is -2.27. The molecule has 1 aliphatic heterocycles. The van der Waals surface area contributed by atoms with E-state index in [0.29, 0.717) is 26.9 Å². The zero-order valence-corrected chi connectivity index (χ0v) is 19.0. The summed E-state index contributed by atoms with van der Waals surface area (Å²) < 4.78 is 5.91. The second-order valence-electron chi connectivity index (χ2n) is 7.35. The van der Waals surface area contributed by atoms with Gasteiger partial charge in [-0.3, -0.25) is 14.9 Å². The number of carbonyl (C=O) groups is 3. The van der Waals surface area contributed by atoms with Crippen LogP contribution in [0.4, 0.5) is 10.5 Å². The molecular weight excluding hydrogens is 463 g/mol. The van der Waals surface area contributed by atoms with Gasteiger partial charge in [0, 0.05) is 15.6 Å². The van der Waals surface area contributed by atoms with Crippen molar-refractivity contribution < 1.29 is 19.1 Å². The van der Waals surface area contributed by atoms with E-state index < -0.39 is 17.8 Å². The number of anilines is 1. The Bertz CT molecular complexity index is 1290. The van der Waals surface area contributed by atoms with Gasteiger partial charge in [-0.15, -0.1) is 0 Å². The van der Waals surface area contributed by atoms with Crippen LogP contribution in [0.3, 0.4) is 0 Å². The second-order valence-corrected chi connectivity index (χ2v) is 8.22. The van der Waals surface area contributed by atoms with E-state index in [1.807, 2.05) is 30.3 Å². The molecule has 8 heteroatoms. The third kappa shape index (κ3) is 4.92. The van der Waals surface area contributed by atoms with Crippen LogP contribution in [-0.2, 0) is 16.2 Å². The van der Waals surface area contributed by atoms with Crippen molar-refractivity contribution in [2.24, 2.45) is 0 Å². The standard InChI is InChI=1S/C25H18Cl2N2O4/c1-15-7-8-19(27)13-21(15)29-24(31)20(23(30)28-25(29)32)12-17-11-18(26)9-10-22(17)33-14-16-5-3-2-4-6-16/h2-13H,14H2,1H3,(H,28,30,32)/b20-12+. The number of nitrogens with zero attached hydrogens (tertiary/aromatic N) is 1. The Labute approximate surface area is 200 Å². The van der Waals surface area contributed by atoms with E-state index in [1.54, 1.807) is 37.3 Å². The van der Waals surface area contributed by atoms with Crippen LogP contribution in [-0.4, -0.2) is 17.8 Å². The van der Waals surface area contributed by atoms with Crippen molar-refractivity contribution in [3.63, 3.8) is 0 Å². The molecule has 0 saturated carbocycles. The summed E-state index contributed by atoms with van der Waals surface area (Å²) in [7, 11) is 0. The highest BCUT2D eigenvalue weighted by atomic mass is 35.5. The van der Waals surface area contributed by atoms with Gasteiger partial charge < -0.3 is 4.74 Å². The molecular formula is C25H18Cl2N2O4. The van der Waals surface area contributed by atoms with Gasteiger partial charge in [0.15, 0.2) is 0 Å². The van der Waals surface area contributed by atoms with Crippen LogP contribution in [0.2, 0.25) is 10.0 Å². The number of halogens is 2. The van der Waals surface area contributed by atoms with Crippen LogP contribution < -0.4 is 15.0 Å². The first-order valence-electron chi connectivity index (χ1n) is 9.97. The van der Waals surface area contributed by atoms with Crippen molar-refractivity contribution >= 4 is 52.8 Å². The van der Waals surface area contributed by atoms with Crippen molar-refractivity contribution in [3.8, 4) is 5.75 Å². The maximum atomic E-state index is 13.2. The fraction of sp³-hybridized carbons (Fsp3) is 0.0800. The first-order valence-corrected chi connectivity index (χ1v) is 10.7. The number of barbiturate groups is 1. The molecule has 33 heavy (non-hydrogen) atoms. The van der Waals surface area contributed by atoms with E-state index in [4.69, 9.17) is 27.9 Å². The molecule has 3 aromatic rings. The van der Waals surface area contributed by atoms with Gasteiger partial charge in [-0.2, -0.15) is 0 Å². The van der Waals surface area contributed by atoms with Crippen molar-refractivity contribution in [1.82, 2.24) is 5.32 Å². The van der Waals surface area contributed by atoms with Crippen molar-refractivity contribution in [2.75, 3.05) is 4.90 Å². The number of imide groups is 2. The highest BCUT2D eigenvalue weighted by Crippen LogP contribution is 2.30. The average Bonchev–Trinajstić information content (AvgIpc) is 2.79. The smallest absolute Gasteiger partial charge is 0.335 e. The monoisotopic (exact) mass is 480 g/mol. The molecule has 0 spiro atoms. The fourth-order valence-corrected chi connectivity index (χ4v) is 3.70. The number of benzene rings is 3. The zero-order valence-electron chi connectivity index (χ0n) is 17.5. The van der Waals surface area contributed by atoms with Crippen LogP contribution in [0.5, 0.6) is 5.75 Å². The third-order valence-corrected chi connectivity index (χ3v) is 5.49. The molecule has 4 rings (SSSR count). The summed E-state index contributed by atoms with van der Waals surface area (Å²) in [5.41, 5.74) is 2.07. The number of nitrogens with one attached hydrogen (secondary N) is 1. The van der Waals surface area contributed by atoms with Crippen LogP contribution >= 0.6 is 23.2 Å². The first-order chi connectivity index (χ1) is 15.8. The third-order valence-electron chi connectivity index (χ3n) is 5.02. The van der Waals surface area contributed by atoms with E-state index in [1.165, 1.54) is 12.1 Å². The lowest BCUT2D eigenvalue weighted by atomic mass is 10.0. The maximum absolute atomic E-state index is 13.2. The van der Waals surface area contributed by atoms with Crippen LogP contribution in [0.15, 0.2) is 72.3 Å². The molecule has 4 amide bonds. The number of rotatable bonds is 5. The van der Waals surface area contributed by atoms with E-state index in [2.05, 4.69) is 5.32 Å². The summed E-state index contributed by atoms with van der Waals surface area (Å²) >= 11 is 12.2. The van der Waals surface area contributed by atoms with E-state index in [0.717, 1.165) is 10.5 Å². The van der Waals surface area contributed by atoms with Gasteiger partial charge in [-0.05, 0) is 54.5 Å². The van der Waals surface area contributed by atoms with Crippen LogP contribution in [0, 0.1) is 6.92 Å². The van der Waals surface area contributed by atoms with Crippen molar-refractivity contribution in [1.29, 1.82) is 0 Å². The first kappa shape index (κ1) is 22.6. The van der Waals surface area contributed by atoms with Crippen molar-refractivity contribution in [2.45, 2.75) is 13.5 Å². The summed E-state index contributed by atoms with van der Waals surface area (Å²) in [5, 5.41) is 2.96. The Kier molecular flexibility index (Phi) is 6.49. The normalized spacial score (nSPS) is 15.1. The molecule has 0 aliphatic carbocycles. The van der Waals surface area contributed by atoms with Gasteiger partial charge in [-0.25, -0.2) is 9.69 Å². The van der Waals surface area contributed by atoms with E-state index in [-0.39, 0.29) is 17.9 Å². The highest BCUT2D eigenvalue weighted by molar-refractivity contribution is 6.40. The van der Waals surface area contributed by atoms with E-state index in [9.17, 15) is 14.4 Å². The molecule has 3 aromatic carbocycles. The molecule has 1 fully saturated rings. The lowest BCUT2D eigenvalue weighted by molar-refractivity contribution is -0.122. The summed E-state index contributed by atoms with van der Waals surface area (Å²) in [6.07, 6.45) is 1.36. The van der Waals surface area contributed by atoms with Crippen molar-refractivity contribution in [3.05, 3.63) is 99.0 Å². The summed E-state index contributed by atoms with van der Waals surface area (Å²) in [4.78, 5) is 39.2. The molecule has 0 radical (unpaired) electrons. The zero-order chi connectivity index (χ0) is 23.5. The minimum absolute atomic E-state index is 0.235. The molecule has 0 aromatic heterocycles. The van der Waals surface area contributed by atoms with E-state index >= 15 is 0 Å². The van der Waals surface area contributed by atoms with Gasteiger partial charge in [-0.1, -0.05) is 59.6 Å². The lowest BCUT2D eigenvalue weighted by Crippen LogP contribution is -2.54. The number of ether oxygens (including phenoxy) is 1. The molecule has 0 atom stereocenters. The summed E-state index contributed by atoms with van der Waals surface area (Å²) in [6, 6.07) is 18.4. The fourth-order valence-electron chi connectivity index (χ4n) is 3.35. The minimum atomic E-state index is -0.848. The Morgan fingerprint density at radius 3 is 2.39 bits per heavy atom. The van der Waals surface area contributed by atoms with Gasteiger partial charge in [0.25, 0.3) is 11.8 Å². The Morgan fingerprint density at radius 2 is 1.64 bits per heavy atom. The highest BCUT2D eigenvalue weighted by Gasteiger charge is 2.37. The second kappa shape index (κ2) is 9.48. The molecule has 1 saturated heterocycles. The van der Waals surface area contributed by atoms with Crippen LogP contribution in [0.1, 0.15) is 16.7 Å². The number of hydrogen-bond donors (Lipinski definition) is 1. The predicted octanol–water partition coefficient (Wildman–Crippen LogP) is 5.55. The number of urea groups is 1. The number of carbonyl (C=O) groups excluding carboxylic acids is 3. The van der Waals surface area contributed by atoms with Gasteiger partial charge in [0.05, 0.1) is 5.69 Å². The maximum Gasteiger partial charge on any atom is 0.335 e. The molecule has 1 heterocycles. The number of amides is 4. The Morgan fingerprint density at radius 1 is 0.939 bits per heavy atom. The molecule has 166 valence electrons. The number of aryl methyl sites for hydroxylation is 1.